The summed E-state index contributed by atoms with van der Waals surface area (Å²) in [5, 5.41) is 23.8. The van der Waals surface area contributed by atoms with E-state index in [0.717, 1.165) is 11.4 Å². The first-order chi connectivity index (χ1) is 8.51. The molecule has 18 heavy (non-hydrogen) atoms. The van der Waals surface area contributed by atoms with Crippen LogP contribution in [0.4, 0.5) is 9.93 Å². The summed E-state index contributed by atoms with van der Waals surface area (Å²) >= 11 is 1.37. The van der Waals surface area contributed by atoms with Gasteiger partial charge in [0.05, 0.1) is 6.10 Å². The lowest BCUT2D eigenvalue weighted by molar-refractivity contribution is 0.163. The SMILES string of the molecule is CCc1nnc(NC(=O)NCC(C)CC(C)O)s1. The molecule has 2 atom stereocenters. The fourth-order valence-electron chi connectivity index (χ4n) is 1.52. The molecule has 1 rings (SSSR count). The van der Waals surface area contributed by atoms with E-state index in [4.69, 9.17) is 0 Å². The van der Waals surface area contributed by atoms with Gasteiger partial charge in [-0.15, -0.1) is 10.2 Å². The van der Waals surface area contributed by atoms with E-state index in [9.17, 15) is 9.90 Å². The molecule has 6 nitrogen and oxygen atoms in total. The van der Waals surface area contributed by atoms with Crippen molar-refractivity contribution in [3.63, 3.8) is 0 Å². The number of hydrogen-bond acceptors (Lipinski definition) is 5. The Morgan fingerprint density at radius 1 is 1.44 bits per heavy atom. The Bertz CT molecular complexity index is 381. The summed E-state index contributed by atoms with van der Waals surface area (Å²) in [7, 11) is 0. The van der Waals surface area contributed by atoms with Crippen LogP contribution in [-0.2, 0) is 6.42 Å². The smallest absolute Gasteiger partial charge is 0.321 e. The average Bonchev–Trinajstić information content (AvgIpc) is 2.73. The van der Waals surface area contributed by atoms with Crippen LogP contribution in [0.25, 0.3) is 0 Å². The third-order valence-corrected chi connectivity index (χ3v) is 3.33. The van der Waals surface area contributed by atoms with Gasteiger partial charge in [-0.3, -0.25) is 5.32 Å². The van der Waals surface area contributed by atoms with Gasteiger partial charge < -0.3 is 10.4 Å². The second kappa shape index (κ2) is 7.27. The van der Waals surface area contributed by atoms with Crippen molar-refractivity contribution in [2.24, 2.45) is 5.92 Å². The zero-order chi connectivity index (χ0) is 13.5. The normalized spacial score (nSPS) is 14.0. The first-order valence-electron chi connectivity index (χ1n) is 6.06. The maximum atomic E-state index is 11.6. The molecule has 1 heterocycles. The third-order valence-electron chi connectivity index (χ3n) is 2.34. The molecule has 0 saturated heterocycles. The van der Waals surface area contributed by atoms with Gasteiger partial charge in [0, 0.05) is 6.54 Å². The third kappa shape index (κ3) is 5.42. The molecule has 1 aromatic rings. The summed E-state index contributed by atoms with van der Waals surface area (Å²) in [5.41, 5.74) is 0. The molecule has 3 N–H and O–H groups in total. The number of urea groups is 1. The number of hydrogen-bond donors (Lipinski definition) is 3. The number of nitrogens with zero attached hydrogens (tertiary/aromatic N) is 2. The number of carbonyl (C=O) groups is 1. The lowest BCUT2D eigenvalue weighted by Crippen LogP contribution is -2.33. The summed E-state index contributed by atoms with van der Waals surface area (Å²) in [6.45, 7) is 6.23. The number of anilines is 1. The minimum Gasteiger partial charge on any atom is -0.393 e. The highest BCUT2D eigenvalue weighted by atomic mass is 32.1. The molecule has 0 spiro atoms. The van der Waals surface area contributed by atoms with Crippen molar-refractivity contribution in [2.75, 3.05) is 11.9 Å². The molecule has 2 amide bonds. The van der Waals surface area contributed by atoms with Crippen molar-refractivity contribution in [1.82, 2.24) is 15.5 Å². The summed E-state index contributed by atoms with van der Waals surface area (Å²) in [6, 6.07) is -0.286. The number of amides is 2. The summed E-state index contributed by atoms with van der Waals surface area (Å²) in [6.07, 6.45) is 1.13. The van der Waals surface area contributed by atoms with Gasteiger partial charge in [0.1, 0.15) is 5.01 Å². The van der Waals surface area contributed by atoms with Crippen LogP contribution >= 0.6 is 11.3 Å². The number of aromatic nitrogens is 2. The number of carbonyl (C=O) groups excluding carboxylic acids is 1. The van der Waals surface area contributed by atoms with E-state index in [1.165, 1.54) is 11.3 Å². The van der Waals surface area contributed by atoms with Gasteiger partial charge >= 0.3 is 6.03 Å². The van der Waals surface area contributed by atoms with Crippen LogP contribution in [-0.4, -0.2) is 34.0 Å². The molecule has 2 unspecified atom stereocenters. The van der Waals surface area contributed by atoms with E-state index in [2.05, 4.69) is 20.8 Å². The van der Waals surface area contributed by atoms with Crippen molar-refractivity contribution < 1.29 is 9.90 Å². The highest BCUT2D eigenvalue weighted by Gasteiger charge is 2.10. The Balaban J connectivity index is 2.29. The molecular formula is C11H20N4O2S. The van der Waals surface area contributed by atoms with Gasteiger partial charge in [-0.25, -0.2) is 4.79 Å². The minimum atomic E-state index is -0.347. The second-order valence-electron chi connectivity index (χ2n) is 4.38. The van der Waals surface area contributed by atoms with Crippen LogP contribution in [0.3, 0.4) is 0 Å². The lowest BCUT2D eigenvalue weighted by atomic mass is 10.1. The zero-order valence-electron chi connectivity index (χ0n) is 10.9. The van der Waals surface area contributed by atoms with Crippen LogP contribution in [0.1, 0.15) is 32.2 Å². The van der Waals surface area contributed by atoms with E-state index < -0.39 is 0 Å². The Hall–Kier alpha value is -1.21. The molecule has 7 heteroatoms. The van der Waals surface area contributed by atoms with Gasteiger partial charge in [-0.05, 0) is 25.7 Å². The van der Waals surface area contributed by atoms with E-state index in [1.807, 2.05) is 13.8 Å². The average molecular weight is 272 g/mol. The van der Waals surface area contributed by atoms with Crippen molar-refractivity contribution in [3.8, 4) is 0 Å². The van der Waals surface area contributed by atoms with Crippen LogP contribution in [0, 0.1) is 5.92 Å². The minimum absolute atomic E-state index is 0.233. The molecule has 0 aliphatic rings. The van der Waals surface area contributed by atoms with E-state index in [-0.39, 0.29) is 18.1 Å². The highest BCUT2D eigenvalue weighted by molar-refractivity contribution is 7.15. The summed E-state index contributed by atoms with van der Waals surface area (Å²) < 4.78 is 0. The molecule has 0 aliphatic carbocycles. The standard InChI is InChI=1S/C11H20N4O2S/c1-4-9-14-15-11(18-9)13-10(17)12-6-7(2)5-8(3)16/h7-8,16H,4-6H2,1-3H3,(H2,12,13,15,17). The fraction of sp³-hybridized carbons (Fsp3) is 0.727. The first kappa shape index (κ1) is 14.8. The van der Waals surface area contributed by atoms with Crippen molar-refractivity contribution in [1.29, 1.82) is 0 Å². The molecule has 1 aromatic heterocycles. The Morgan fingerprint density at radius 2 is 2.17 bits per heavy atom. The van der Waals surface area contributed by atoms with E-state index >= 15 is 0 Å². The van der Waals surface area contributed by atoms with Crippen molar-refractivity contribution in [2.45, 2.75) is 39.7 Å². The van der Waals surface area contributed by atoms with Crippen molar-refractivity contribution >= 4 is 22.5 Å². The molecule has 102 valence electrons. The van der Waals surface area contributed by atoms with Gasteiger partial charge in [0.15, 0.2) is 0 Å². The molecule has 0 aromatic carbocycles. The quantitative estimate of drug-likeness (QED) is 0.734. The van der Waals surface area contributed by atoms with E-state index in [1.54, 1.807) is 6.92 Å². The fourth-order valence-corrected chi connectivity index (χ4v) is 2.20. The first-order valence-corrected chi connectivity index (χ1v) is 6.88. The second-order valence-corrected chi connectivity index (χ2v) is 5.44. The molecule has 0 saturated carbocycles. The Morgan fingerprint density at radius 3 is 2.72 bits per heavy atom. The van der Waals surface area contributed by atoms with Crippen LogP contribution in [0.5, 0.6) is 0 Å². The molecular weight excluding hydrogens is 252 g/mol. The monoisotopic (exact) mass is 272 g/mol. The topological polar surface area (TPSA) is 87.1 Å². The van der Waals surface area contributed by atoms with Gasteiger partial charge in [-0.2, -0.15) is 0 Å². The predicted octanol–water partition coefficient (Wildman–Crippen LogP) is 1.63. The zero-order valence-corrected chi connectivity index (χ0v) is 11.8. The van der Waals surface area contributed by atoms with Crippen LogP contribution in [0.2, 0.25) is 0 Å². The Kier molecular flexibility index (Phi) is 6.00. The van der Waals surface area contributed by atoms with Crippen LogP contribution in [0.15, 0.2) is 0 Å². The molecule has 0 aliphatic heterocycles. The van der Waals surface area contributed by atoms with Gasteiger partial charge in [-0.1, -0.05) is 25.2 Å². The van der Waals surface area contributed by atoms with E-state index in [0.29, 0.717) is 18.1 Å². The van der Waals surface area contributed by atoms with Gasteiger partial charge in [0.2, 0.25) is 5.13 Å². The molecule has 0 radical (unpaired) electrons. The van der Waals surface area contributed by atoms with Gasteiger partial charge in [0.25, 0.3) is 0 Å². The summed E-state index contributed by atoms with van der Waals surface area (Å²) in [5.74, 6) is 0.233. The number of aliphatic hydroxyl groups is 1. The highest BCUT2D eigenvalue weighted by Crippen LogP contribution is 2.15. The maximum Gasteiger partial charge on any atom is 0.321 e. The van der Waals surface area contributed by atoms with Crippen molar-refractivity contribution in [3.05, 3.63) is 5.01 Å². The maximum absolute atomic E-state index is 11.6. The largest absolute Gasteiger partial charge is 0.393 e. The number of aryl methyl sites for hydroxylation is 1. The number of nitrogens with one attached hydrogen (secondary N) is 2. The Labute approximate surface area is 111 Å². The van der Waals surface area contributed by atoms with Crippen LogP contribution < -0.4 is 10.6 Å². The predicted molar refractivity (Wildman–Crippen MR) is 71.8 cm³/mol. The molecule has 0 bridgehead atoms. The lowest BCUT2D eigenvalue weighted by Gasteiger charge is -2.13. The molecule has 0 fully saturated rings. The number of aliphatic hydroxyl groups excluding tert-OH is 1. The number of rotatable bonds is 6. The summed E-state index contributed by atoms with van der Waals surface area (Å²) in [4.78, 5) is 11.6.